The molecule has 1 aromatic rings. The summed E-state index contributed by atoms with van der Waals surface area (Å²) in [5.74, 6) is 1.43. The molecule has 0 bridgehead atoms. The molecule has 0 aromatic heterocycles. The second kappa shape index (κ2) is 10.7. The highest BCUT2D eigenvalue weighted by Crippen LogP contribution is 2.34. The number of nitrogens with zero attached hydrogens (tertiary/aromatic N) is 1. The Hall–Kier alpha value is -1.50. The van der Waals surface area contributed by atoms with Gasteiger partial charge in [-0.15, -0.1) is 12.4 Å². The lowest BCUT2D eigenvalue weighted by atomic mass is 9.82. The van der Waals surface area contributed by atoms with E-state index >= 15 is 0 Å². The standard InChI is InChI=1S/C20H32N2O4.ClH/c1-20(2,15-6-7-17(24-3)18(14-15)25-4)19(23)22-11-8-16(9-12-22)26-13-5-10-21;/h6-7,14,16H,5,8-13,21H2,1-4H3;1H. The molecule has 0 atom stereocenters. The van der Waals surface area contributed by atoms with E-state index in [1.54, 1.807) is 14.2 Å². The SMILES string of the molecule is COc1ccc(C(C)(C)C(=O)N2CCC(OCCCN)CC2)cc1OC.Cl. The van der Waals surface area contributed by atoms with Crippen molar-refractivity contribution >= 4 is 18.3 Å². The molecule has 1 amide bonds. The lowest BCUT2D eigenvalue weighted by Gasteiger charge is -2.37. The third-order valence-electron chi connectivity index (χ3n) is 5.07. The normalized spacial score (nSPS) is 15.2. The highest BCUT2D eigenvalue weighted by molar-refractivity contribution is 5.87. The van der Waals surface area contributed by atoms with Crippen LogP contribution in [0.5, 0.6) is 11.5 Å². The van der Waals surface area contributed by atoms with E-state index in [4.69, 9.17) is 19.9 Å². The lowest BCUT2D eigenvalue weighted by molar-refractivity contribution is -0.139. The van der Waals surface area contributed by atoms with Gasteiger partial charge in [0.25, 0.3) is 0 Å². The summed E-state index contributed by atoms with van der Waals surface area (Å²) in [6, 6.07) is 5.67. The molecule has 7 heteroatoms. The average molecular weight is 401 g/mol. The molecule has 154 valence electrons. The van der Waals surface area contributed by atoms with Gasteiger partial charge in [0.05, 0.1) is 25.7 Å². The van der Waals surface area contributed by atoms with Crippen LogP contribution in [0.3, 0.4) is 0 Å². The first kappa shape index (κ1) is 23.5. The number of carbonyl (C=O) groups is 1. The number of rotatable bonds is 8. The molecule has 0 unspecified atom stereocenters. The molecule has 1 fully saturated rings. The summed E-state index contributed by atoms with van der Waals surface area (Å²) in [5.41, 5.74) is 5.78. The second-order valence-corrected chi connectivity index (χ2v) is 7.20. The highest BCUT2D eigenvalue weighted by Gasteiger charge is 2.36. The van der Waals surface area contributed by atoms with Gasteiger partial charge in [0.15, 0.2) is 11.5 Å². The molecule has 2 N–H and O–H groups in total. The monoisotopic (exact) mass is 400 g/mol. The largest absolute Gasteiger partial charge is 0.493 e. The lowest BCUT2D eigenvalue weighted by Crippen LogP contribution is -2.48. The zero-order chi connectivity index (χ0) is 19.2. The number of halogens is 1. The van der Waals surface area contributed by atoms with Crippen LogP contribution < -0.4 is 15.2 Å². The van der Waals surface area contributed by atoms with Crippen molar-refractivity contribution in [3.63, 3.8) is 0 Å². The third kappa shape index (κ3) is 5.74. The predicted octanol–water partition coefficient (Wildman–Crippen LogP) is 2.76. The Morgan fingerprint density at radius 1 is 1.19 bits per heavy atom. The van der Waals surface area contributed by atoms with E-state index in [-0.39, 0.29) is 24.4 Å². The molecule has 2 rings (SSSR count). The molecule has 6 nitrogen and oxygen atoms in total. The molecule has 1 saturated heterocycles. The quantitative estimate of drug-likeness (QED) is 0.679. The first-order chi connectivity index (χ1) is 12.4. The van der Waals surface area contributed by atoms with Crippen LogP contribution >= 0.6 is 12.4 Å². The second-order valence-electron chi connectivity index (χ2n) is 7.20. The number of hydrogen-bond donors (Lipinski definition) is 1. The fourth-order valence-corrected chi connectivity index (χ4v) is 3.30. The Morgan fingerprint density at radius 2 is 1.81 bits per heavy atom. The van der Waals surface area contributed by atoms with E-state index in [9.17, 15) is 4.79 Å². The Balaban J connectivity index is 0.00000364. The summed E-state index contributed by atoms with van der Waals surface area (Å²) in [6.07, 6.45) is 2.86. The van der Waals surface area contributed by atoms with Crippen LogP contribution in [-0.4, -0.2) is 57.4 Å². The number of benzene rings is 1. The molecule has 0 spiro atoms. The summed E-state index contributed by atoms with van der Waals surface area (Å²) in [4.78, 5) is 15.1. The Kier molecular flexibility index (Phi) is 9.36. The molecule has 0 saturated carbocycles. The smallest absolute Gasteiger partial charge is 0.232 e. The molecular weight excluding hydrogens is 368 g/mol. The maximum absolute atomic E-state index is 13.1. The van der Waals surface area contributed by atoms with Gasteiger partial charge in [-0.1, -0.05) is 6.07 Å². The summed E-state index contributed by atoms with van der Waals surface area (Å²) >= 11 is 0. The van der Waals surface area contributed by atoms with Gasteiger partial charge in [-0.05, 0) is 57.4 Å². The molecule has 1 heterocycles. The third-order valence-corrected chi connectivity index (χ3v) is 5.07. The first-order valence-corrected chi connectivity index (χ1v) is 9.27. The Morgan fingerprint density at radius 3 is 2.37 bits per heavy atom. The number of amides is 1. The number of likely N-dealkylation sites (tertiary alicyclic amines) is 1. The van der Waals surface area contributed by atoms with Crippen molar-refractivity contribution in [2.24, 2.45) is 5.73 Å². The summed E-state index contributed by atoms with van der Waals surface area (Å²) in [6.45, 7) is 6.72. The van der Waals surface area contributed by atoms with Crippen molar-refractivity contribution in [2.45, 2.75) is 44.6 Å². The van der Waals surface area contributed by atoms with Gasteiger partial charge in [-0.3, -0.25) is 4.79 Å². The molecule has 0 aliphatic carbocycles. The molecule has 1 aliphatic heterocycles. The van der Waals surface area contributed by atoms with Gasteiger partial charge in [0.1, 0.15) is 0 Å². The van der Waals surface area contributed by atoms with Crippen LogP contribution in [0.2, 0.25) is 0 Å². The number of piperidine rings is 1. The maximum Gasteiger partial charge on any atom is 0.232 e. The van der Waals surface area contributed by atoms with Crippen LogP contribution in [-0.2, 0) is 14.9 Å². The summed E-state index contributed by atoms with van der Waals surface area (Å²) < 4.78 is 16.5. The fourth-order valence-electron chi connectivity index (χ4n) is 3.30. The van der Waals surface area contributed by atoms with E-state index in [0.29, 0.717) is 24.7 Å². The number of nitrogens with two attached hydrogens (primary N) is 1. The van der Waals surface area contributed by atoms with Gasteiger partial charge in [0, 0.05) is 19.7 Å². The fraction of sp³-hybridized carbons (Fsp3) is 0.650. The minimum atomic E-state index is -0.632. The highest BCUT2D eigenvalue weighted by atomic mass is 35.5. The van der Waals surface area contributed by atoms with Crippen LogP contribution in [0.1, 0.15) is 38.7 Å². The molecule has 27 heavy (non-hydrogen) atoms. The van der Waals surface area contributed by atoms with Gasteiger partial charge in [-0.2, -0.15) is 0 Å². The van der Waals surface area contributed by atoms with E-state index in [1.165, 1.54) is 0 Å². The van der Waals surface area contributed by atoms with Crippen molar-refractivity contribution < 1.29 is 19.0 Å². The maximum atomic E-state index is 13.1. The molecule has 0 radical (unpaired) electrons. The number of hydrogen-bond acceptors (Lipinski definition) is 5. The van der Waals surface area contributed by atoms with Crippen molar-refractivity contribution in [3.05, 3.63) is 23.8 Å². The minimum absolute atomic E-state index is 0. The van der Waals surface area contributed by atoms with E-state index in [2.05, 4.69) is 0 Å². The average Bonchev–Trinajstić information content (AvgIpc) is 2.67. The van der Waals surface area contributed by atoms with Crippen molar-refractivity contribution in [2.75, 3.05) is 40.5 Å². The van der Waals surface area contributed by atoms with Gasteiger partial charge in [0.2, 0.25) is 5.91 Å². The van der Waals surface area contributed by atoms with Gasteiger partial charge < -0.3 is 24.8 Å². The minimum Gasteiger partial charge on any atom is -0.493 e. The number of methoxy groups -OCH3 is 2. The Labute approximate surface area is 168 Å². The van der Waals surface area contributed by atoms with Crippen molar-refractivity contribution in [1.82, 2.24) is 4.90 Å². The van der Waals surface area contributed by atoms with Crippen LogP contribution in [0.15, 0.2) is 18.2 Å². The molecular formula is C20H33ClN2O4. The van der Waals surface area contributed by atoms with Gasteiger partial charge >= 0.3 is 0 Å². The topological polar surface area (TPSA) is 74.0 Å². The van der Waals surface area contributed by atoms with Crippen LogP contribution in [0, 0.1) is 0 Å². The van der Waals surface area contributed by atoms with E-state index in [0.717, 1.165) is 37.9 Å². The Bertz CT molecular complexity index is 602. The molecule has 1 aromatic carbocycles. The number of carbonyl (C=O) groups excluding carboxylic acids is 1. The zero-order valence-electron chi connectivity index (χ0n) is 16.8. The van der Waals surface area contributed by atoms with Crippen molar-refractivity contribution in [3.8, 4) is 11.5 Å². The zero-order valence-corrected chi connectivity index (χ0v) is 17.6. The summed E-state index contributed by atoms with van der Waals surface area (Å²) in [7, 11) is 3.21. The van der Waals surface area contributed by atoms with E-state index in [1.807, 2.05) is 36.9 Å². The number of ether oxygens (including phenoxy) is 3. The first-order valence-electron chi connectivity index (χ1n) is 9.27. The van der Waals surface area contributed by atoms with Crippen LogP contribution in [0.4, 0.5) is 0 Å². The predicted molar refractivity (Wildman–Crippen MR) is 109 cm³/mol. The summed E-state index contributed by atoms with van der Waals surface area (Å²) in [5, 5.41) is 0. The van der Waals surface area contributed by atoms with Crippen LogP contribution in [0.25, 0.3) is 0 Å². The molecule has 1 aliphatic rings. The van der Waals surface area contributed by atoms with Crippen molar-refractivity contribution in [1.29, 1.82) is 0 Å². The van der Waals surface area contributed by atoms with Gasteiger partial charge in [-0.25, -0.2) is 0 Å². The van der Waals surface area contributed by atoms with E-state index < -0.39 is 5.41 Å².